The number of aromatic amines is 1. The van der Waals surface area contributed by atoms with Crippen molar-refractivity contribution in [1.29, 1.82) is 0 Å². The normalized spacial score (nSPS) is 10.8. The van der Waals surface area contributed by atoms with Crippen LogP contribution in [0.1, 0.15) is 27.0 Å². The Balaban J connectivity index is 1.81. The van der Waals surface area contributed by atoms with E-state index in [0.717, 1.165) is 27.7 Å². The number of nitrogens with one attached hydrogen (secondary N) is 1. The van der Waals surface area contributed by atoms with E-state index in [4.69, 9.17) is 4.74 Å². The Morgan fingerprint density at radius 3 is 2.48 bits per heavy atom. The number of ether oxygens (including phenoxy) is 1. The molecule has 156 valence electrons. The Morgan fingerprint density at radius 2 is 1.71 bits per heavy atom. The van der Waals surface area contributed by atoms with Crippen LogP contribution in [-0.2, 0) is 6.54 Å². The molecule has 0 saturated carbocycles. The van der Waals surface area contributed by atoms with Crippen molar-refractivity contribution in [3.63, 3.8) is 0 Å². The molecule has 1 heterocycles. The summed E-state index contributed by atoms with van der Waals surface area (Å²) in [4.78, 5) is 31.0. The van der Waals surface area contributed by atoms with Crippen molar-refractivity contribution in [3.05, 3.63) is 105 Å². The van der Waals surface area contributed by atoms with Gasteiger partial charge in [0, 0.05) is 16.8 Å². The molecule has 4 aromatic rings. The lowest BCUT2D eigenvalue weighted by Gasteiger charge is -2.24. The summed E-state index contributed by atoms with van der Waals surface area (Å²) >= 11 is 0. The molecule has 1 N–H and O–H groups in total. The number of carbonyl (C=O) groups is 1. The first-order chi connectivity index (χ1) is 15.0. The summed E-state index contributed by atoms with van der Waals surface area (Å²) in [6.07, 6.45) is 0. The highest BCUT2D eigenvalue weighted by atomic mass is 16.5. The largest absolute Gasteiger partial charge is 0.496 e. The highest BCUT2D eigenvalue weighted by molar-refractivity contribution is 6.07. The van der Waals surface area contributed by atoms with Crippen molar-refractivity contribution in [3.8, 4) is 5.75 Å². The monoisotopic (exact) mass is 412 g/mol. The van der Waals surface area contributed by atoms with Crippen molar-refractivity contribution in [1.82, 2.24) is 4.98 Å². The van der Waals surface area contributed by atoms with Crippen LogP contribution in [0.4, 0.5) is 5.69 Å². The minimum Gasteiger partial charge on any atom is -0.496 e. The number of amides is 1. The molecule has 4 rings (SSSR count). The van der Waals surface area contributed by atoms with Crippen molar-refractivity contribution >= 4 is 22.5 Å². The topological polar surface area (TPSA) is 62.4 Å². The minimum atomic E-state index is -0.230. The predicted octanol–water partition coefficient (Wildman–Crippen LogP) is 5.00. The maximum Gasteiger partial charge on any atom is 0.262 e. The Bertz CT molecular complexity index is 1320. The summed E-state index contributed by atoms with van der Waals surface area (Å²) in [5, 5.41) is 0.925. The molecule has 0 saturated heterocycles. The van der Waals surface area contributed by atoms with Gasteiger partial charge >= 0.3 is 0 Å². The molecule has 0 atom stereocenters. The van der Waals surface area contributed by atoms with Crippen LogP contribution in [-0.4, -0.2) is 18.0 Å². The molecular formula is C26H24N2O3. The fraction of sp³-hybridized carbons (Fsp3) is 0.154. The number of anilines is 1. The number of H-pyrrole nitrogens is 1. The number of hydrogen-bond acceptors (Lipinski definition) is 3. The second-order valence-electron chi connectivity index (χ2n) is 7.64. The fourth-order valence-corrected chi connectivity index (χ4v) is 3.69. The van der Waals surface area contributed by atoms with Gasteiger partial charge in [-0.25, -0.2) is 0 Å². The second kappa shape index (κ2) is 8.48. The first-order valence-corrected chi connectivity index (χ1v) is 10.1. The lowest BCUT2D eigenvalue weighted by atomic mass is 10.1. The molecular weight excluding hydrogens is 388 g/mol. The summed E-state index contributed by atoms with van der Waals surface area (Å²) < 4.78 is 5.40. The first kappa shape index (κ1) is 20.4. The van der Waals surface area contributed by atoms with E-state index in [1.165, 1.54) is 0 Å². The van der Waals surface area contributed by atoms with Gasteiger partial charge in [0.25, 0.3) is 11.5 Å². The smallest absolute Gasteiger partial charge is 0.262 e. The molecule has 0 aliphatic carbocycles. The average Bonchev–Trinajstić information content (AvgIpc) is 2.77. The standard InChI is InChI=1S/C26H24N2O3/c1-17-7-6-8-21(13-17)28(26(30)22-9-4-5-10-24(22)31-3)16-20-15-19-12-11-18(2)14-23(19)27-25(20)29/h4-15H,16H2,1-3H3,(H,27,29). The molecule has 0 fully saturated rings. The van der Waals surface area contributed by atoms with Gasteiger partial charge in [0.05, 0.1) is 19.2 Å². The Hall–Kier alpha value is -3.86. The molecule has 0 bridgehead atoms. The summed E-state index contributed by atoms with van der Waals surface area (Å²) in [5.74, 6) is 0.263. The van der Waals surface area contributed by atoms with Crippen LogP contribution in [0.5, 0.6) is 5.75 Å². The molecule has 3 aromatic carbocycles. The van der Waals surface area contributed by atoms with Crippen molar-refractivity contribution in [2.75, 3.05) is 12.0 Å². The molecule has 31 heavy (non-hydrogen) atoms. The van der Waals surface area contributed by atoms with Crippen molar-refractivity contribution < 1.29 is 9.53 Å². The minimum absolute atomic E-state index is 0.138. The zero-order chi connectivity index (χ0) is 22.0. The summed E-state index contributed by atoms with van der Waals surface area (Å²) in [7, 11) is 1.54. The Labute approximate surface area is 180 Å². The zero-order valence-corrected chi connectivity index (χ0v) is 17.8. The van der Waals surface area contributed by atoms with Gasteiger partial charge in [-0.15, -0.1) is 0 Å². The van der Waals surface area contributed by atoms with Crippen molar-refractivity contribution in [2.24, 2.45) is 0 Å². The van der Waals surface area contributed by atoms with Gasteiger partial charge in [-0.3, -0.25) is 9.59 Å². The van der Waals surface area contributed by atoms with E-state index in [2.05, 4.69) is 4.98 Å². The van der Waals surface area contributed by atoms with Gasteiger partial charge in [-0.1, -0.05) is 36.4 Å². The molecule has 0 radical (unpaired) electrons. The van der Waals surface area contributed by atoms with Gasteiger partial charge in [0.15, 0.2) is 0 Å². The van der Waals surface area contributed by atoms with Crippen LogP contribution < -0.4 is 15.2 Å². The average molecular weight is 412 g/mol. The van der Waals surface area contributed by atoms with Gasteiger partial charge in [-0.2, -0.15) is 0 Å². The van der Waals surface area contributed by atoms with E-state index >= 15 is 0 Å². The first-order valence-electron chi connectivity index (χ1n) is 10.1. The van der Waals surface area contributed by atoms with Crippen LogP contribution >= 0.6 is 0 Å². The summed E-state index contributed by atoms with van der Waals surface area (Å²) in [5.41, 5.74) is 4.36. The summed E-state index contributed by atoms with van der Waals surface area (Å²) in [6, 6.07) is 22.6. The predicted molar refractivity (Wildman–Crippen MR) is 124 cm³/mol. The molecule has 5 heteroatoms. The third-order valence-electron chi connectivity index (χ3n) is 5.30. The van der Waals surface area contributed by atoms with Crippen LogP contribution in [0.3, 0.4) is 0 Å². The number of aromatic nitrogens is 1. The number of pyridine rings is 1. The zero-order valence-electron chi connectivity index (χ0n) is 17.8. The van der Waals surface area contributed by atoms with Crippen LogP contribution in [0, 0.1) is 13.8 Å². The highest BCUT2D eigenvalue weighted by Crippen LogP contribution is 2.26. The van der Waals surface area contributed by atoms with Crippen LogP contribution in [0.15, 0.2) is 77.6 Å². The third-order valence-corrected chi connectivity index (χ3v) is 5.30. The number of para-hydroxylation sites is 1. The number of fused-ring (bicyclic) bond motifs is 1. The van der Waals surface area contributed by atoms with Gasteiger partial charge in [0.1, 0.15) is 5.75 Å². The van der Waals surface area contributed by atoms with Gasteiger partial charge in [0.2, 0.25) is 0 Å². The number of methoxy groups -OCH3 is 1. The lowest BCUT2D eigenvalue weighted by Crippen LogP contribution is -2.33. The quantitative estimate of drug-likeness (QED) is 0.502. The number of benzene rings is 3. The molecule has 1 aromatic heterocycles. The number of hydrogen-bond donors (Lipinski definition) is 1. The lowest BCUT2D eigenvalue weighted by molar-refractivity contribution is 0.0982. The maximum absolute atomic E-state index is 13.6. The molecule has 0 spiro atoms. The molecule has 5 nitrogen and oxygen atoms in total. The Kier molecular flexibility index (Phi) is 5.58. The molecule has 0 aliphatic heterocycles. The van der Waals surface area contributed by atoms with E-state index in [1.807, 2.05) is 68.4 Å². The Morgan fingerprint density at radius 1 is 0.935 bits per heavy atom. The third kappa shape index (κ3) is 4.21. The van der Waals surface area contributed by atoms with Crippen molar-refractivity contribution in [2.45, 2.75) is 20.4 Å². The van der Waals surface area contributed by atoms with Gasteiger partial charge < -0.3 is 14.6 Å². The van der Waals surface area contributed by atoms with Gasteiger partial charge in [-0.05, 0) is 66.8 Å². The number of nitrogens with zero attached hydrogens (tertiary/aromatic N) is 1. The molecule has 0 unspecified atom stereocenters. The van der Waals surface area contributed by atoms with E-state index in [0.29, 0.717) is 16.9 Å². The number of carbonyl (C=O) groups excluding carboxylic acids is 1. The summed E-state index contributed by atoms with van der Waals surface area (Å²) in [6.45, 7) is 4.09. The maximum atomic E-state index is 13.6. The van der Waals surface area contributed by atoms with Crippen LogP contribution in [0.25, 0.3) is 10.9 Å². The SMILES string of the molecule is COc1ccccc1C(=O)N(Cc1cc2ccc(C)cc2[nH]c1=O)c1cccc(C)c1. The highest BCUT2D eigenvalue weighted by Gasteiger charge is 2.22. The number of rotatable bonds is 5. The number of aryl methyl sites for hydroxylation is 2. The van der Waals surface area contributed by atoms with E-state index < -0.39 is 0 Å². The molecule has 0 aliphatic rings. The van der Waals surface area contributed by atoms with Crippen LogP contribution in [0.2, 0.25) is 0 Å². The fourth-order valence-electron chi connectivity index (χ4n) is 3.69. The second-order valence-corrected chi connectivity index (χ2v) is 7.64. The molecule has 1 amide bonds. The van der Waals surface area contributed by atoms with E-state index in [9.17, 15) is 9.59 Å². The van der Waals surface area contributed by atoms with E-state index in [1.54, 1.807) is 30.2 Å². The van der Waals surface area contributed by atoms with E-state index in [-0.39, 0.29) is 18.0 Å².